The van der Waals surface area contributed by atoms with Gasteiger partial charge in [0.25, 0.3) is 0 Å². The number of rotatable bonds is 2. The largest absolute Gasteiger partial charge is 0.330 e. The van der Waals surface area contributed by atoms with Gasteiger partial charge in [-0.05, 0) is 36.3 Å². The third-order valence-corrected chi connectivity index (χ3v) is 2.21. The summed E-state index contributed by atoms with van der Waals surface area (Å²) < 4.78 is 0. The number of hydrogen-bond acceptors (Lipinski definition) is 2. The molecule has 2 radical (unpaired) electrons. The van der Waals surface area contributed by atoms with Crippen molar-refractivity contribution in [1.82, 2.24) is 4.98 Å². The van der Waals surface area contributed by atoms with E-state index in [-0.39, 0.29) is 0 Å². The van der Waals surface area contributed by atoms with Gasteiger partial charge in [0.1, 0.15) is 7.85 Å². The van der Waals surface area contributed by atoms with E-state index in [2.05, 4.69) is 11.1 Å². The second-order valence-electron chi connectivity index (χ2n) is 3.30. The Labute approximate surface area is 84.6 Å². The van der Waals surface area contributed by atoms with Gasteiger partial charge in [-0.25, -0.2) is 0 Å². The first kappa shape index (κ1) is 9.22. The normalized spacial score (nSPS) is 10.6. The molecule has 68 valence electrons. The summed E-state index contributed by atoms with van der Waals surface area (Å²) in [6.45, 7) is 0.675. The molecule has 0 amide bonds. The van der Waals surface area contributed by atoms with Crippen molar-refractivity contribution in [3.05, 3.63) is 35.9 Å². The minimum Gasteiger partial charge on any atom is -0.330 e. The van der Waals surface area contributed by atoms with Gasteiger partial charge in [0.05, 0.1) is 5.52 Å². The summed E-state index contributed by atoms with van der Waals surface area (Å²) in [5, 5.41) is 1.12. The second-order valence-corrected chi connectivity index (χ2v) is 3.30. The van der Waals surface area contributed by atoms with E-state index in [1.807, 2.05) is 24.3 Å². The molecule has 1 aromatic carbocycles. The van der Waals surface area contributed by atoms with Crippen LogP contribution in [-0.2, 0) is 6.42 Å². The van der Waals surface area contributed by atoms with Crippen LogP contribution in [0.4, 0.5) is 0 Å². The summed E-state index contributed by atoms with van der Waals surface area (Å²) in [7, 11) is 5.59. The van der Waals surface area contributed by atoms with Gasteiger partial charge in [-0.15, -0.1) is 0 Å². The minimum atomic E-state index is 0.559. The first-order valence-electron chi connectivity index (χ1n) is 4.65. The highest BCUT2D eigenvalue weighted by molar-refractivity contribution is 6.31. The fourth-order valence-corrected chi connectivity index (χ4v) is 1.51. The molecule has 1 aromatic heterocycles. The van der Waals surface area contributed by atoms with Crippen LogP contribution in [0.2, 0.25) is 0 Å². The van der Waals surface area contributed by atoms with Crippen LogP contribution in [0, 0.1) is 0 Å². The van der Waals surface area contributed by atoms with E-state index in [9.17, 15) is 0 Å². The van der Waals surface area contributed by atoms with Crippen LogP contribution in [0.1, 0.15) is 5.56 Å². The lowest BCUT2D eigenvalue weighted by Gasteiger charge is -2.02. The van der Waals surface area contributed by atoms with Crippen LogP contribution in [-0.4, -0.2) is 19.4 Å². The molecule has 0 aliphatic rings. The molecular formula is C11H11BN2. The molecule has 0 saturated carbocycles. The van der Waals surface area contributed by atoms with E-state index in [1.165, 1.54) is 5.56 Å². The predicted molar refractivity (Wildman–Crippen MR) is 59.9 cm³/mol. The molecule has 2 N–H and O–H groups in total. The molecule has 2 aromatic rings. The van der Waals surface area contributed by atoms with Gasteiger partial charge in [0.15, 0.2) is 0 Å². The smallest absolute Gasteiger partial charge is 0.141 e. The zero-order valence-corrected chi connectivity index (χ0v) is 7.90. The Hall–Kier alpha value is -1.35. The number of fused-ring (bicyclic) bond motifs is 1. The Kier molecular flexibility index (Phi) is 2.50. The maximum Gasteiger partial charge on any atom is 0.141 e. The number of pyridine rings is 1. The molecule has 0 aliphatic carbocycles. The van der Waals surface area contributed by atoms with E-state index in [0.29, 0.717) is 12.1 Å². The highest BCUT2D eigenvalue weighted by Gasteiger charge is 1.97. The second kappa shape index (κ2) is 3.80. The van der Waals surface area contributed by atoms with Crippen molar-refractivity contribution in [3.63, 3.8) is 0 Å². The van der Waals surface area contributed by atoms with Gasteiger partial charge in [-0.3, -0.25) is 4.98 Å². The lowest BCUT2D eigenvalue weighted by atomic mass is 10.0. The maximum atomic E-state index is 5.59. The summed E-state index contributed by atoms with van der Waals surface area (Å²) in [5.41, 5.74) is 8.23. The highest BCUT2D eigenvalue weighted by atomic mass is 14.7. The van der Waals surface area contributed by atoms with Crippen molar-refractivity contribution in [2.45, 2.75) is 6.42 Å². The van der Waals surface area contributed by atoms with E-state index >= 15 is 0 Å². The van der Waals surface area contributed by atoms with E-state index in [1.54, 1.807) is 0 Å². The molecule has 0 atom stereocenters. The molecule has 14 heavy (non-hydrogen) atoms. The topological polar surface area (TPSA) is 38.9 Å². The lowest BCUT2D eigenvalue weighted by molar-refractivity contribution is 0.971. The Balaban J connectivity index is 2.50. The van der Waals surface area contributed by atoms with Crippen LogP contribution >= 0.6 is 0 Å². The Morgan fingerprint density at radius 1 is 1.21 bits per heavy atom. The number of nitrogens with zero attached hydrogens (tertiary/aromatic N) is 1. The van der Waals surface area contributed by atoms with Crippen molar-refractivity contribution in [2.75, 3.05) is 6.54 Å². The number of hydrogen-bond donors (Lipinski definition) is 1. The van der Waals surface area contributed by atoms with Gasteiger partial charge in [-0.2, -0.15) is 0 Å². The van der Waals surface area contributed by atoms with Crippen molar-refractivity contribution >= 4 is 24.3 Å². The van der Waals surface area contributed by atoms with Crippen molar-refractivity contribution in [3.8, 4) is 0 Å². The van der Waals surface area contributed by atoms with E-state index in [0.717, 1.165) is 17.3 Å². The van der Waals surface area contributed by atoms with Gasteiger partial charge in [-0.1, -0.05) is 18.2 Å². The van der Waals surface area contributed by atoms with Crippen LogP contribution in [0.15, 0.2) is 30.3 Å². The Morgan fingerprint density at radius 3 is 2.86 bits per heavy atom. The Morgan fingerprint density at radius 2 is 2.07 bits per heavy atom. The van der Waals surface area contributed by atoms with Gasteiger partial charge in [0.2, 0.25) is 0 Å². The third kappa shape index (κ3) is 1.78. The molecule has 2 rings (SSSR count). The quantitative estimate of drug-likeness (QED) is 0.688. The fourth-order valence-electron chi connectivity index (χ4n) is 1.51. The zero-order valence-electron chi connectivity index (χ0n) is 7.90. The number of benzene rings is 1. The standard InChI is InChI=1S/C11H11BN2/c12-11-4-2-9-7-8(5-6-13)1-3-10(9)14-11/h1-4,7H,5-6,13H2. The van der Waals surface area contributed by atoms with Gasteiger partial charge in [0, 0.05) is 5.39 Å². The summed E-state index contributed by atoms with van der Waals surface area (Å²) in [5.74, 6) is 0. The van der Waals surface area contributed by atoms with E-state index in [4.69, 9.17) is 13.6 Å². The van der Waals surface area contributed by atoms with Crippen molar-refractivity contribution in [1.29, 1.82) is 0 Å². The van der Waals surface area contributed by atoms with Gasteiger partial charge >= 0.3 is 0 Å². The molecule has 3 heteroatoms. The molecule has 0 bridgehead atoms. The average molecular weight is 182 g/mol. The summed E-state index contributed by atoms with van der Waals surface area (Å²) in [4.78, 5) is 4.22. The van der Waals surface area contributed by atoms with Crippen LogP contribution < -0.4 is 11.3 Å². The SMILES string of the molecule is [B]c1ccc2cc(CCN)ccc2n1. The van der Waals surface area contributed by atoms with Crippen LogP contribution in [0.25, 0.3) is 10.9 Å². The lowest BCUT2D eigenvalue weighted by Crippen LogP contribution is -2.07. The maximum absolute atomic E-state index is 5.59. The molecular weight excluding hydrogens is 171 g/mol. The fraction of sp³-hybridized carbons (Fsp3) is 0.182. The summed E-state index contributed by atoms with van der Waals surface area (Å²) in [6, 6.07) is 9.93. The highest BCUT2D eigenvalue weighted by Crippen LogP contribution is 2.12. The molecule has 1 heterocycles. The summed E-state index contributed by atoms with van der Waals surface area (Å²) >= 11 is 0. The number of aromatic nitrogens is 1. The minimum absolute atomic E-state index is 0.559. The molecule has 0 saturated heterocycles. The first-order valence-corrected chi connectivity index (χ1v) is 4.65. The molecule has 0 unspecified atom stereocenters. The molecule has 0 aliphatic heterocycles. The third-order valence-electron chi connectivity index (χ3n) is 2.21. The summed E-state index contributed by atoms with van der Waals surface area (Å²) in [6.07, 6.45) is 0.903. The molecule has 2 nitrogen and oxygen atoms in total. The monoisotopic (exact) mass is 182 g/mol. The van der Waals surface area contributed by atoms with Crippen molar-refractivity contribution < 1.29 is 0 Å². The van der Waals surface area contributed by atoms with Gasteiger partial charge < -0.3 is 5.73 Å². The van der Waals surface area contributed by atoms with Crippen LogP contribution in [0.3, 0.4) is 0 Å². The molecule has 0 spiro atoms. The first-order chi connectivity index (χ1) is 6.79. The number of nitrogens with two attached hydrogens (primary N) is 1. The predicted octanol–water partition coefficient (Wildman–Crippen LogP) is 0.530. The zero-order chi connectivity index (χ0) is 9.97. The van der Waals surface area contributed by atoms with E-state index < -0.39 is 0 Å². The van der Waals surface area contributed by atoms with Crippen molar-refractivity contribution in [2.24, 2.45) is 5.73 Å². The average Bonchev–Trinajstić information content (AvgIpc) is 2.19. The Bertz CT molecular complexity index is 454. The van der Waals surface area contributed by atoms with Crippen LogP contribution in [0.5, 0.6) is 0 Å². The molecule has 0 fully saturated rings.